The Morgan fingerprint density at radius 1 is 1.16 bits per heavy atom. The normalized spacial score (nSPS) is 12.1. The van der Waals surface area contributed by atoms with Crippen LogP contribution in [0, 0.1) is 0 Å². The number of rotatable bonds is 9. The molecule has 0 bridgehead atoms. The van der Waals surface area contributed by atoms with E-state index in [9.17, 15) is 18.0 Å². The van der Waals surface area contributed by atoms with Gasteiger partial charge in [0.2, 0.25) is 15.9 Å². The van der Waals surface area contributed by atoms with E-state index in [2.05, 4.69) is 20.7 Å². The molecule has 1 atom stereocenters. The molecular formula is C16H26N4O4S. The third-order valence-electron chi connectivity index (χ3n) is 3.41. The fourth-order valence-electron chi connectivity index (χ4n) is 1.95. The van der Waals surface area contributed by atoms with Gasteiger partial charge in [-0.25, -0.2) is 13.2 Å². The van der Waals surface area contributed by atoms with Crippen molar-refractivity contribution < 1.29 is 18.0 Å². The average Bonchev–Trinajstić information content (AvgIpc) is 2.52. The van der Waals surface area contributed by atoms with Crippen LogP contribution in [0.25, 0.3) is 0 Å². The van der Waals surface area contributed by atoms with Crippen molar-refractivity contribution in [3.8, 4) is 0 Å². The number of sulfonamides is 1. The molecule has 9 heteroatoms. The SMILES string of the molecule is CC[C@@H](C)NC(=O)CCNC(=O)NCc1ccccc1NS(C)(=O)=O. The summed E-state index contributed by atoms with van der Waals surface area (Å²) in [6.45, 7) is 4.27. The minimum absolute atomic E-state index is 0.111. The molecule has 0 saturated heterocycles. The van der Waals surface area contributed by atoms with Gasteiger partial charge >= 0.3 is 6.03 Å². The molecule has 0 aliphatic rings. The number of carbonyl (C=O) groups is 2. The van der Waals surface area contributed by atoms with Crippen LogP contribution in [-0.2, 0) is 21.4 Å². The molecule has 1 rings (SSSR count). The third-order valence-corrected chi connectivity index (χ3v) is 4.00. The summed E-state index contributed by atoms with van der Waals surface area (Å²) in [4.78, 5) is 23.4. The highest BCUT2D eigenvalue weighted by Gasteiger charge is 2.09. The Balaban J connectivity index is 2.41. The van der Waals surface area contributed by atoms with Gasteiger partial charge in [0.25, 0.3) is 0 Å². The molecule has 0 saturated carbocycles. The summed E-state index contributed by atoms with van der Waals surface area (Å²) in [7, 11) is -3.40. The fraction of sp³-hybridized carbons (Fsp3) is 0.500. The van der Waals surface area contributed by atoms with E-state index in [1.54, 1.807) is 24.3 Å². The molecule has 25 heavy (non-hydrogen) atoms. The van der Waals surface area contributed by atoms with Crippen molar-refractivity contribution in [2.24, 2.45) is 0 Å². The highest BCUT2D eigenvalue weighted by atomic mass is 32.2. The van der Waals surface area contributed by atoms with Crippen LogP contribution in [0.4, 0.5) is 10.5 Å². The summed E-state index contributed by atoms with van der Waals surface area (Å²) in [5.41, 5.74) is 1.05. The van der Waals surface area contributed by atoms with E-state index in [0.29, 0.717) is 11.3 Å². The van der Waals surface area contributed by atoms with Crippen molar-refractivity contribution in [3.05, 3.63) is 29.8 Å². The maximum absolute atomic E-state index is 11.8. The maximum atomic E-state index is 11.8. The van der Waals surface area contributed by atoms with E-state index >= 15 is 0 Å². The molecule has 0 heterocycles. The number of nitrogens with one attached hydrogen (secondary N) is 4. The highest BCUT2D eigenvalue weighted by Crippen LogP contribution is 2.15. The summed E-state index contributed by atoms with van der Waals surface area (Å²) < 4.78 is 25.1. The topological polar surface area (TPSA) is 116 Å². The Morgan fingerprint density at radius 2 is 1.84 bits per heavy atom. The fourth-order valence-corrected chi connectivity index (χ4v) is 2.55. The molecule has 0 aromatic heterocycles. The Kier molecular flexibility index (Phi) is 8.20. The zero-order chi connectivity index (χ0) is 18.9. The van der Waals surface area contributed by atoms with Gasteiger partial charge in [-0.05, 0) is 25.0 Å². The predicted molar refractivity (Wildman–Crippen MR) is 97.7 cm³/mol. The molecule has 1 aromatic rings. The van der Waals surface area contributed by atoms with Crippen LogP contribution in [0.1, 0.15) is 32.3 Å². The summed E-state index contributed by atoms with van der Waals surface area (Å²) in [6.07, 6.45) is 2.11. The van der Waals surface area contributed by atoms with Crippen LogP contribution in [0.3, 0.4) is 0 Å². The van der Waals surface area contributed by atoms with Gasteiger partial charge in [0.05, 0.1) is 11.9 Å². The first-order chi connectivity index (χ1) is 11.7. The first-order valence-electron chi connectivity index (χ1n) is 8.08. The molecule has 4 N–H and O–H groups in total. The van der Waals surface area contributed by atoms with Gasteiger partial charge in [0.1, 0.15) is 0 Å². The lowest BCUT2D eigenvalue weighted by Crippen LogP contribution is -2.39. The third kappa shape index (κ3) is 8.94. The molecule has 0 spiro atoms. The molecule has 3 amide bonds. The lowest BCUT2D eigenvalue weighted by Gasteiger charge is -2.13. The Bertz CT molecular complexity index is 691. The first kappa shape index (κ1) is 20.8. The van der Waals surface area contributed by atoms with Gasteiger partial charge in [-0.2, -0.15) is 0 Å². The van der Waals surface area contributed by atoms with E-state index in [4.69, 9.17) is 0 Å². The van der Waals surface area contributed by atoms with Crippen LogP contribution in [0.15, 0.2) is 24.3 Å². The number of benzene rings is 1. The molecule has 8 nitrogen and oxygen atoms in total. The molecule has 1 aromatic carbocycles. The molecular weight excluding hydrogens is 344 g/mol. The molecule has 140 valence electrons. The lowest BCUT2D eigenvalue weighted by molar-refractivity contribution is -0.121. The van der Waals surface area contributed by atoms with E-state index < -0.39 is 16.1 Å². The summed E-state index contributed by atoms with van der Waals surface area (Å²) in [5, 5.41) is 8.04. The Hall–Kier alpha value is -2.29. The highest BCUT2D eigenvalue weighted by molar-refractivity contribution is 7.92. The van der Waals surface area contributed by atoms with Crippen molar-refractivity contribution in [1.29, 1.82) is 0 Å². The second-order valence-corrected chi connectivity index (χ2v) is 7.52. The van der Waals surface area contributed by atoms with Crippen LogP contribution < -0.4 is 20.7 Å². The van der Waals surface area contributed by atoms with Crippen LogP contribution >= 0.6 is 0 Å². The number of urea groups is 1. The first-order valence-corrected chi connectivity index (χ1v) is 9.97. The van der Waals surface area contributed by atoms with E-state index in [1.165, 1.54) is 0 Å². The monoisotopic (exact) mass is 370 g/mol. The lowest BCUT2D eigenvalue weighted by atomic mass is 10.2. The average molecular weight is 370 g/mol. The standard InChI is InChI=1S/C16H26N4O4S/c1-4-12(2)19-15(21)9-10-17-16(22)18-11-13-7-5-6-8-14(13)20-25(3,23)24/h5-8,12,20H,4,9-11H2,1-3H3,(H,19,21)(H2,17,18,22)/t12-/m1/s1. The number of amides is 3. The number of para-hydroxylation sites is 1. The molecule has 0 unspecified atom stereocenters. The van der Waals surface area contributed by atoms with Gasteiger partial charge in [-0.3, -0.25) is 9.52 Å². The maximum Gasteiger partial charge on any atom is 0.315 e. The predicted octanol–water partition coefficient (Wildman–Crippen LogP) is 1.16. The second-order valence-electron chi connectivity index (χ2n) is 5.77. The van der Waals surface area contributed by atoms with Gasteiger partial charge in [0, 0.05) is 25.6 Å². The number of hydrogen-bond acceptors (Lipinski definition) is 4. The second kappa shape index (κ2) is 9.87. The number of hydrogen-bond donors (Lipinski definition) is 4. The summed E-state index contributed by atoms with van der Waals surface area (Å²) >= 11 is 0. The molecule has 0 aliphatic heterocycles. The summed E-state index contributed by atoms with van der Waals surface area (Å²) in [5.74, 6) is -0.114. The smallest absolute Gasteiger partial charge is 0.315 e. The van der Waals surface area contributed by atoms with Crippen molar-refractivity contribution in [3.63, 3.8) is 0 Å². The minimum atomic E-state index is -3.40. The van der Waals surface area contributed by atoms with Crippen molar-refractivity contribution >= 4 is 27.6 Å². The zero-order valence-corrected chi connectivity index (χ0v) is 15.6. The van der Waals surface area contributed by atoms with Crippen molar-refractivity contribution in [1.82, 2.24) is 16.0 Å². The molecule has 0 radical (unpaired) electrons. The quantitative estimate of drug-likeness (QED) is 0.522. The number of carbonyl (C=O) groups excluding carboxylic acids is 2. The Morgan fingerprint density at radius 3 is 2.48 bits per heavy atom. The van der Waals surface area contributed by atoms with E-state index in [1.807, 2.05) is 13.8 Å². The van der Waals surface area contributed by atoms with Crippen LogP contribution in [0.2, 0.25) is 0 Å². The van der Waals surface area contributed by atoms with Crippen molar-refractivity contribution in [2.45, 2.75) is 39.3 Å². The molecule has 0 fully saturated rings. The van der Waals surface area contributed by atoms with Crippen LogP contribution in [-0.4, -0.2) is 39.2 Å². The van der Waals surface area contributed by atoms with E-state index in [0.717, 1.165) is 12.7 Å². The van der Waals surface area contributed by atoms with Crippen molar-refractivity contribution in [2.75, 3.05) is 17.5 Å². The van der Waals surface area contributed by atoms with Gasteiger partial charge < -0.3 is 16.0 Å². The van der Waals surface area contributed by atoms with Gasteiger partial charge in [-0.1, -0.05) is 25.1 Å². The summed E-state index contributed by atoms with van der Waals surface area (Å²) in [6, 6.07) is 6.47. The molecule has 0 aliphatic carbocycles. The Labute approximate surface area is 148 Å². The van der Waals surface area contributed by atoms with Gasteiger partial charge in [0.15, 0.2) is 0 Å². The van der Waals surface area contributed by atoms with Crippen LogP contribution in [0.5, 0.6) is 0 Å². The number of anilines is 1. The zero-order valence-electron chi connectivity index (χ0n) is 14.8. The minimum Gasteiger partial charge on any atom is -0.354 e. The largest absolute Gasteiger partial charge is 0.354 e. The van der Waals surface area contributed by atoms with Gasteiger partial charge in [-0.15, -0.1) is 0 Å². The van der Waals surface area contributed by atoms with E-state index in [-0.39, 0.29) is 31.5 Å².